The first-order valence-electron chi connectivity index (χ1n) is 8.87. The van der Waals surface area contributed by atoms with Crippen molar-refractivity contribution in [2.75, 3.05) is 33.4 Å². The molecule has 6 heteroatoms. The fourth-order valence-corrected chi connectivity index (χ4v) is 3.05. The van der Waals surface area contributed by atoms with Gasteiger partial charge in [-0.1, -0.05) is 19.1 Å². The summed E-state index contributed by atoms with van der Waals surface area (Å²) in [6, 6.07) is 7.96. The van der Waals surface area contributed by atoms with E-state index in [4.69, 9.17) is 15.2 Å². The molecule has 1 amide bonds. The van der Waals surface area contributed by atoms with Crippen molar-refractivity contribution in [3.05, 3.63) is 29.8 Å². The Bertz CT molecular complexity index is 502. The van der Waals surface area contributed by atoms with Crippen LogP contribution in [0, 0.1) is 0 Å². The minimum Gasteiger partial charge on any atom is -0.497 e. The van der Waals surface area contributed by atoms with Crippen molar-refractivity contribution in [1.82, 2.24) is 4.90 Å². The van der Waals surface area contributed by atoms with Crippen molar-refractivity contribution in [3.8, 4) is 5.75 Å². The monoisotopic (exact) mass is 370 g/mol. The summed E-state index contributed by atoms with van der Waals surface area (Å²) in [4.78, 5) is 14.5. The number of ether oxygens (including phenoxy) is 2. The van der Waals surface area contributed by atoms with E-state index in [1.165, 1.54) is 5.56 Å². The number of nitrogens with two attached hydrogens (primary N) is 1. The van der Waals surface area contributed by atoms with E-state index >= 15 is 0 Å². The second kappa shape index (κ2) is 11.3. The molecule has 1 atom stereocenters. The Labute approximate surface area is 157 Å². The fourth-order valence-electron chi connectivity index (χ4n) is 3.05. The summed E-state index contributed by atoms with van der Waals surface area (Å²) < 4.78 is 11.0. The van der Waals surface area contributed by atoms with Gasteiger partial charge in [0, 0.05) is 26.1 Å². The molecule has 1 heterocycles. The van der Waals surface area contributed by atoms with Crippen LogP contribution in [0.4, 0.5) is 0 Å². The molecule has 0 bridgehead atoms. The van der Waals surface area contributed by atoms with E-state index in [0.29, 0.717) is 13.0 Å². The fraction of sp³-hybridized carbons (Fsp3) is 0.632. The summed E-state index contributed by atoms with van der Waals surface area (Å²) in [5.41, 5.74) is 6.65. The van der Waals surface area contributed by atoms with Crippen LogP contribution in [0.2, 0.25) is 0 Å². The van der Waals surface area contributed by atoms with E-state index in [2.05, 4.69) is 6.92 Å². The van der Waals surface area contributed by atoms with Crippen LogP contribution in [0.15, 0.2) is 24.3 Å². The van der Waals surface area contributed by atoms with Gasteiger partial charge in [-0.15, -0.1) is 12.4 Å². The number of nitrogens with zero attached hydrogens (tertiary/aromatic N) is 1. The first-order chi connectivity index (χ1) is 11.6. The lowest BCUT2D eigenvalue weighted by atomic mass is 9.96. The Morgan fingerprint density at radius 2 is 1.92 bits per heavy atom. The van der Waals surface area contributed by atoms with E-state index in [1.54, 1.807) is 7.11 Å². The second-order valence-electron chi connectivity index (χ2n) is 6.47. The molecular formula is C19H31ClN2O3. The molecule has 1 aromatic carbocycles. The number of piperidine rings is 1. The molecule has 142 valence electrons. The third-order valence-corrected chi connectivity index (χ3v) is 4.66. The molecule has 25 heavy (non-hydrogen) atoms. The van der Waals surface area contributed by atoms with Crippen LogP contribution in [0.5, 0.6) is 5.75 Å². The summed E-state index contributed by atoms with van der Waals surface area (Å²) in [5, 5.41) is 0. The summed E-state index contributed by atoms with van der Waals surface area (Å²) in [7, 11) is 1.66. The molecule has 1 fully saturated rings. The number of benzene rings is 1. The molecule has 0 aliphatic carbocycles. The molecule has 5 nitrogen and oxygen atoms in total. The van der Waals surface area contributed by atoms with Gasteiger partial charge in [0.15, 0.2) is 0 Å². The highest BCUT2D eigenvalue weighted by molar-refractivity contribution is 5.85. The van der Waals surface area contributed by atoms with E-state index in [9.17, 15) is 4.79 Å². The van der Waals surface area contributed by atoms with Crippen LogP contribution in [0.25, 0.3) is 0 Å². The maximum Gasteiger partial charge on any atom is 0.223 e. The molecule has 0 spiro atoms. The van der Waals surface area contributed by atoms with Crippen LogP contribution in [0.1, 0.15) is 44.1 Å². The number of likely N-dealkylation sites (tertiary alicyclic amines) is 1. The molecule has 1 unspecified atom stereocenters. The molecule has 1 aromatic rings. The van der Waals surface area contributed by atoms with E-state index in [0.717, 1.165) is 44.7 Å². The Kier molecular flexibility index (Phi) is 9.86. The minimum absolute atomic E-state index is 0. The average Bonchev–Trinajstić information content (AvgIpc) is 2.62. The van der Waals surface area contributed by atoms with Gasteiger partial charge < -0.3 is 20.1 Å². The number of halogens is 1. The topological polar surface area (TPSA) is 64.8 Å². The van der Waals surface area contributed by atoms with Gasteiger partial charge in [-0.05, 0) is 49.4 Å². The normalized spacial score (nSPS) is 16.2. The molecule has 1 aliphatic heterocycles. The van der Waals surface area contributed by atoms with Gasteiger partial charge in [-0.3, -0.25) is 4.79 Å². The summed E-state index contributed by atoms with van der Waals surface area (Å²) in [5.74, 6) is 1.29. The molecule has 0 aromatic heterocycles. The van der Waals surface area contributed by atoms with E-state index < -0.39 is 0 Å². The van der Waals surface area contributed by atoms with E-state index in [-0.39, 0.29) is 30.3 Å². The molecule has 1 aliphatic rings. The quantitative estimate of drug-likeness (QED) is 0.714. The largest absolute Gasteiger partial charge is 0.497 e. The van der Waals surface area contributed by atoms with Crippen molar-refractivity contribution in [1.29, 1.82) is 0 Å². The first-order valence-corrected chi connectivity index (χ1v) is 8.87. The highest BCUT2D eigenvalue weighted by Crippen LogP contribution is 2.24. The Hall–Kier alpha value is -1.30. The number of methoxy groups -OCH3 is 1. The molecule has 2 rings (SSSR count). The zero-order valence-corrected chi connectivity index (χ0v) is 16.1. The third kappa shape index (κ3) is 6.84. The van der Waals surface area contributed by atoms with Crippen LogP contribution in [-0.4, -0.2) is 50.3 Å². The predicted octanol–water partition coefficient (Wildman–Crippen LogP) is 2.97. The van der Waals surface area contributed by atoms with Gasteiger partial charge in [0.2, 0.25) is 5.91 Å². The lowest BCUT2D eigenvalue weighted by Gasteiger charge is -2.32. The Morgan fingerprint density at radius 1 is 1.28 bits per heavy atom. The van der Waals surface area contributed by atoms with Crippen molar-refractivity contribution in [2.45, 2.75) is 44.6 Å². The van der Waals surface area contributed by atoms with Gasteiger partial charge in [0.05, 0.1) is 13.2 Å². The number of hydrogen-bond acceptors (Lipinski definition) is 4. The van der Waals surface area contributed by atoms with Crippen LogP contribution >= 0.6 is 12.4 Å². The molecule has 2 N–H and O–H groups in total. The zero-order chi connectivity index (χ0) is 17.4. The number of rotatable bonds is 8. The first kappa shape index (κ1) is 21.7. The standard InChI is InChI=1S/C19H30N2O3.ClH/c1-15(16-4-6-17(23-2)7-5-16)14-19(22)21-11-8-18(9-12-21)24-13-3-10-20;/h4-7,15,18H,3,8-14,20H2,1-2H3;1H. The van der Waals surface area contributed by atoms with Crippen LogP contribution < -0.4 is 10.5 Å². The molecule has 0 saturated carbocycles. The third-order valence-electron chi connectivity index (χ3n) is 4.66. The highest BCUT2D eigenvalue weighted by Gasteiger charge is 2.24. The van der Waals surface area contributed by atoms with Gasteiger partial charge >= 0.3 is 0 Å². The molecular weight excluding hydrogens is 340 g/mol. The smallest absolute Gasteiger partial charge is 0.223 e. The lowest BCUT2D eigenvalue weighted by Crippen LogP contribution is -2.41. The van der Waals surface area contributed by atoms with Crippen molar-refractivity contribution < 1.29 is 14.3 Å². The summed E-state index contributed by atoms with van der Waals surface area (Å²) in [6.45, 7) is 5.08. The van der Waals surface area contributed by atoms with Gasteiger partial charge in [0.1, 0.15) is 5.75 Å². The van der Waals surface area contributed by atoms with Gasteiger partial charge in [0.25, 0.3) is 0 Å². The van der Waals surface area contributed by atoms with Crippen LogP contribution in [0.3, 0.4) is 0 Å². The summed E-state index contributed by atoms with van der Waals surface area (Å²) in [6.07, 6.45) is 3.57. The Balaban J connectivity index is 0.00000312. The highest BCUT2D eigenvalue weighted by atomic mass is 35.5. The number of carbonyl (C=O) groups excluding carboxylic acids is 1. The Morgan fingerprint density at radius 3 is 2.48 bits per heavy atom. The maximum atomic E-state index is 12.5. The SMILES string of the molecule is COc1ccc(C(C)CC(=O)N2CCC(OCCCN)CC2)cc1.Cl. The second-order valence-corrected chi connectivity index (χ2v) is 6.47. The minimum atomic E-state index is 0. The van der Waals surface area contributed by atoms with Crippen molar-refractivity contribution in [3.63, 3.8) is 0 Å². The van der Waals surface area contributed by atoms with Crippen molar-refractivity contribution >= 4 is 18.3 Å². The molecule has 1 saturated heterocycles. The van der Waals surface area contributed by atoms with Crippen molar-refractivity contribution in [2.24, 2.45) is 5.73 Å². The summed E-state index contributed by atoms with van der Waals surface area (Å²) >= 11 is 0. The zero-order valence-electron chi connectivity index (χ0n) is 15.3. The lowest BCUT2D eigenvalue weighted by molar-refractivity contribution is -0.134. The van der Waals surface area contributed by atoms with Gasteiger partial charge in [-0.2, -0.15) is 0 Å². The number of amides is 1. The maximum absolute atomic E-state index is 12.5. The van der Waals surface area contributed by atoms with Crippen LogP contribution in [-0.2, 0) is 9.53 Å². The molecule has 0 radical (unpaired) electrons. The predicted molar refractivity (Wildman–Crippen MR) is 102 cm³/mol. The van der Waals surface area contributed by atoms with E-state index in [1.807, 2.05) is 29.2 Å². The number of carbonyl (C=O) groups is 1. The van der Waals surface area contributed by atoms with Gasteiger partial charge in [-0.25, -0.2) is 0 Å². The number of hydrogen-bond donors (Lipinski definition) is 1. The average molecular weight is 371 g/mol.